The third-order valence-corrected chi connectivity index (χ3v) is 10.3. The molecule has 0 amide bonds. The third-order valence-electron chi connectivity index (χ3n) is 5.98. The first-order chi connectivity index (χ1) is 14.2. The molecule has 0 saturated carbocycles. The molecule has 0 aliphatic heterocycles. The second kappa shape index (κ2) is 8.04. The van der Waals surface area contributed by atoms with E-state index in [2.05, 4.69) is 105 Å². The molecule has 0 spiro atoms. The summed E-state index contributed by atoms with van der Waals surface area (Å²) in [5, 5.41) is 2.62. The summed E-state index contributed by atoms with van der Waals surface area (Å²) in [7, 11) is 0. The van der Waals surface area contributed by atoms with Gasteiger partial charge in [0.15, 0.2) is 0 Å². The van der Waals surface area contributed by atoms with E-state index in [1.54, 1.807) is 4.40 Å². The van der Waals surface area contributed by atoms with Crippen molar-refractivity contribution < 1.29 is 0 Å². The van der Waals surface area contributed by atoms with Crippen molar-refractivity contribution in [2.75, 3.05) is 0 Å². The minimum atomic E-state index is -1.80. The van der Waals surface area contributed by atoms with Gasteiger partial charge in [0, 0.05) is 0 Å². The van der Waals surface area contributed by atoms with Gasteiger partial charge in [0.1, 0.15) is 0 Å². The Bertz CT molecular complexity index is 1200. The number of aryl methyl sites for hydroxylation is 1. The predicted octanol–water partition coefficient (Wildman–Crippen LogP) is 7.55. The average molecular weight is 454 g/mol. The fourth-order valence-corrected chi connectivity index (χ4v) is 6.56. The van der Waals surface area contributed by atoms with Crippen LogP contribution in [0.2, 0.25) is 17.3 Å². The van der Waals surface area contributed by atoms with E-state index in [-0.39, 0.29) is 0 Å². The summed E-state index contributed by atoms with van der Waals surface area (Å²) in [4.78, 5) is 4.81. The third kappa shape index (κ3) is 4.09. The van der Waals surface area contributed by atoms with Crippen molar-refractivity contribution in [2.45, 2.75) is 44.0 Å². The first kappa shape index (κ1) is 20.9. The molecule has 1 aromatic heterocycles. The summed E-state index contributed by atoms with van der Waals surface area (Å²) in [5.41, 5.74) is 7.38. The molecular formula is C28H31GeN. The van der Waals surface area contributed by atoms with Crippen LogP contribution in [-0.2, 0) is 0 Å². The molecule has 3 aromatic carbocycles. The summed E-state index contributed by atoms with van der Waals surface area (Å²) in [6, 6.07) is 24.8. The first-order valence-electron chi connectivity index (χ1n) is 10.8. The van der Waals surface area contributed by atoms with Gasteiger partial charge >= 0.3 is 178 Å². The first-order valence-corrected chi connectivity index (χ1v) is 18.2. The van der Waals surface area contributed by atoms with Gasteiger partial charge in [-0.05, 0) is 0 Å². The zero-order valence-corrected chi connectivity index (χ0v) is 21.1. The summed E-state index contributed by atoms with van der Waals surface area (Å²) in [6.07, 6.45) is 2.02. The van der Waals surface area contributed by atoms with Crippen LogP contribution in [0.5, 0.6) is 0 Å². The van der Waals surface area contributed by atoms with Crippen LogP contribution in [0.25, 0.3) is 33.2 Å². The molecule has 0 aliphatic rings. The van der Waals surface area contributed by atoms with Gasteiger partial charge in [0.05, 0.1) is 0 Å². The molecule has 152 valence electrons. The SMILES string of the molecule is Cc1cnc(-c2cc(C(C)C)c3ccccc3c2)cc1-c1cc[c]([Ge]([CH3])([CH3])[CH3])cc1. The number of pyridine rings is 1. The number of fused-ring (bicyclic) bond motifs is 1. The molecule has 1 heterocycles. The van der Waals surface area contributed by atoms with Crippen LogP contribution < -0.4 is 4.40 Å². The molecule has 0 unspecified atom stereocenters. The van der Waals surface area contributed by atoms with Crippen LogP contribution in [0.4, 0.5) is 0 Å². The van der Waals surface area contributed by atoms with Crippen LogP contribution in [0.1, 0.15) is 30.9 Å². The van der Waals surface area contributed by atoms with Crippen LogP contribution in [0, 0.1) is 6.92 Å². The van der Waals surface area contributed by atoms with Gasteiger partial charge in [0.25, 0.3) is 0 Å². The van der Waals surface area contributed by atoms with Gasteiger partial charge in [-0.1, -0.05) is 6.07 Å². The van der Waals surface area contributed by atoms with Gasteiger partial charge in [-0.2, -0.15) is 0 Å². The molecule has 2 heteroatoms. The van der Waals surface area contributed by atoms with E-state index in [9.17, 15) is 0 Å². The molecule has 30 heavy (non-hydrogen) atoms. The number of rotatable bonds is 4. The van der Waals surface area contributed by atoms with Crippen molar-refractivity contribution in [1.82, 2.24) is 4.98 Å². The maximum absolute atomic E-state index is 4.81. The van der Waals surface area contributed by atoms with Crippen molar-refractivity contribution in [3.05, 3.63) is 84.1 Å². The number of aromatic nitrogens is 1. The van der Waals surface area contributed by atoms with Crippen molar-refractivity contribution in [1.29, 1.82) is 0 Å². The van der Waals surface area contributed by atoms with Gasteiger partial charge in [0.2, 0.25) is 0 Å². The zero-order valence-electron chi connectivity index (χ0n) is 19.0. The number of hydrogen-bond acceptors (Lipinski definition) is 1. The summed E-state index contributed by atoms with van der Waals surface area (Å²) in [6.45, 7) is 6.68. The van der Waals surface area contributed by atoms with E-state index in [0.717, 1.165) is 5.69 Å². The predicted molar refractivity (Wildman–Crippen MR) is 134 cm³/mol. The van der Waals surface area contributed by atoms with Crippen molar-refractivity contribution in [3.63, 3.8) is 0 Å². The standard InChI is InChI=1S/C28H31GeN/c1-19(2)26-16-23(15-22-9-7-8-10-25(22)26)28-17-27(20(3)18-30-28)21-11-13-24(14-12-21)29(4,5)6/h7-19H,1-6H3. The second-order valence-electron chi connectivity index (χ2n) is 9.65. The molecule has 0 aliphatic carbocycles. The Balaban J connectivity index is 1.82. The van der Waals surface area contributed by atoms with E-state index >= 15 is 0 Å². The fraction of sp³-hybridized carbons (Fsp3) is 0.250. The van der Waals surface area contributed by atoms with Gasteiger partial charge in [-0.3, -0.25) is 0 Å². The quantitative estimate of drug-likeness (QED) is 0.290. The van der Waals surface area contributed by atoms with E-state index in [1.165, 1.54) is 38.6 Å². The van der Waals surface area contributed by atoms with Crippen LogP contribution in [0.15, 0.2) is 72.9 Å². The number of benzene rings is 3. The molecule has 0 saturated heterocycles. The van der Waals surface area contributed by atoms with Crippen LogP contribution in [0.3, 0.4) is 0 Å². The van der Waals surface area contributed by atoms with Crippen LogP contribution >= 0.6 is 0 Å². The molecule has 1 nitrogen and oxygen atoms in total. The molecule has 0 fully saturated rings. The van der Waals surface area contributed by atoms with E-state index in [0.29, 0.717) is 5.92 Å². The molecule has 0 bridgehead atoms. The Kier molecular flexibility index (Phi) is 5.59. The van der Waals surface area contributed by atoms with Crippen molar-refractivity contribution in [3.8, 4) is 22.4 Å². The average Bonchev–Trinajstić information content (AvgIpc) is 2.72. The Morgan fingerprint density at radius 1 is 0.800 bits per heavy atom. The van der Waals surface area contributed by atoms with Gasteiger partial charge in [-0.15, -0.1) is 0 Å². The second-order valence-corrected chi connectivity index (χ2v) is 20.3. The molecule has 0 atom stereocenters. The monoisotopic (exact) mass is 455 g/mol. The van der Waals surface area contributed by atoms with E-state index in [1.807, 2.05) is 6.20 Å². The number of nitrogens with zero attached hydrogens (tertiary/aromatic N) is 1. The minimum absolute atomic E-state index is 0.468. The summed E-state index contributed by atoms with van der Waals surface area (Å²) >= 11 is -1.80. The normalized spacial score (nSPS) is 12.0. The zero-order chi connectivity index (χ0) is 21.5. The Labute approximate surface area is 183 Å². The van der Waals surface area contributed by atoms with E-state index < -0.39 is 13.3 Å². The molecular weight excluding hydrogens is 423 g/mol. The Morgan fingerprint density at radius 2 is 1.50 bits per heavy atom. The fourth-order valence-electron chi connectivity index (χ4n) is 4.11. The molecule has 0 N–H and O–H groups in total. The Hall–Kier alpha value is -2.39. The van der Waals surface area contributed by atoms with Gasteiger partial charge < -0.3 is 0 Å². The Morgan fingerprint density at radius 3 is 2.17 bits per heavy atom. The van der Waals surface area contributed by atoms with Gasteiger partial charge in [-0.25, -0.2) is 0 Å². The van der Waals surface area contributed by atoms with E-state index in [4.69, 9.17) is 4.98 Å². The topological polar surface area (TPSA) is 12.9 Å². The summed E-state index contributed by atoms with van der Waals surface area (Å²) < 4.78 is 1.54. The maximum atomic E-state index is 4.81. The summed E-state index contributed by atoms with van der Waals surface area (Å²) in [5.74, 6) is 7.79. The molecule has 4 rings (SSSR count). The number of hydrogen-bond donors (Lipinski definition) is 0. The molecule has 4 aromatic rings. The van der Waals surface area contributed by atoms with Crippen molar-refractivity contribution >= 4 is 28.4 Å². The van der Waals surface area contributed by atoms with Crippen molar-refractivity contribution in [2.24, 2.45) is 0 Å². The molecule has 0 radical (unpaired) electrons. The van der Waals surface area contributed by atoms with Crippen LogP contribution in [-0.4, -0.2) is 18.3 Å².